The summed E-state index contributed by atoms with van der Waals surface area (Å²) < 4.78 is 22.7. The highest BCUT2D eigenvalue weighted by molar-refractivity contribution is 7.91. The Bertz CT molecular complexity index is 311. The fraction of sp³-hybridized carbons (Fsp3) is 1.00. The molecule has 1 fully saturated rings. The molecule has 17 heavy (non-hydrogen) atoms. The van der Waals surface area contributed by atoms with Gasteiger partial charge < -0.3 is 5.11 Å². The third-order valence-electron chi connectivity index (χ3n) is 3.92. The molecule has 1 saturated carbocycles. The first-order valence-electron chi connectivity index (χ1n) is 6.83. The third-order valence-corrected chi connectivity index (χ3v) is 5.71. The average molecular weight is 262 g/mol. The highest BCUT2D eigenvalue weighted by Gasteiger charge is 2.25. The second-order valence-electron chi connectivity index (χ2n) is 5.48. The normalized spacial score (nSPS) is 27.9. The Balaban J connectivity index is 2.27. The van der Waals surface area contributed by atoms with Crippen molar-refractivity contribution in [3.63, 3.8) is 0 Å². The minimum absolute atomic E-state index is 0.212. The molecule has 0 spiro atoms. The Morgan fingerprint density at radius 2 is 2.06 bits per heavy atom. The van der Waals surface area contributed by atoms with Gasteiger partial charge in [-0.3, -0.25) is 0 Å². The second kappa shape index (κ2) is 6.74. The Morgan fingerprint density at radius 3 is 2.65 bits per heavy atom. The number of hydrogen-bond donors (Lipinski definition) is 1. The Hall–Kier alpha value is -0.0900. The molecule has 1 aliphatic carbocycles. The smallest absolute Gasteiger partial charge is 0.150 e. The first-order valence-corrected chi connectivity index (χ1v) is 8.65. The van der Waals surface area contributed by atoms with Gasteiger partial charge in [-0.05, 0) is 37.5 Å². The molecule has 0 heterocycles. The molecule has 102 valence electrons. The van der Waals surface area contributed by atoms with Gasteiger partial charge in [-0.25, -0.2) is 8.42 Å². The van der Waals surface area contributed by atoms with Crippen LogP contribution in [0, 0.1) is 11.8 Å². The Labute approximate surface area is 106 Å². The summed E-state index contributed by atoms with van der Waals surface area (Å²) in [5.74, 6) is 1.54. The first-order chi connectivity index (χ1) is 7.94. The van der Waals surface area contributed by atoms with Crippen molar-refractivity contribution in [3.05, 3.63) is 0 Å². The topological polar surface area (TPSA) is 54.4 Å². The minimum Gasteiger partial charge on any atom is -0.393 e. The van der Waals surface area contributed by atoms with Gasteiger partial charge in [-0.1, -0.05) is 26.7 Å². The highest BCUT2D eigenvalue weighted by atomic mass is 32.2. The molecule has 1 aliphatic rings. The van der Waals surface area contributed by atoms with E-state index in [1.165, 1.54) is 12.8 Å². The lowest BCUT2D eigenvalue weighted by Crippen LogP contribution is -2.26. The first kappa shape index (κ1) is 15.0. The molecule has 3 nitrogen and oxygen atoms in total. The lowest BCUT2D eigenvalue weighted by molar-refractivity contribution is 0.0644. The van der Waals surface area contributed by atoms with E-state index < -0.39 is 9.84 Å². The third kappa shape index (κ3) is 5.38. The molecule has 1 rings (SSSR count). The van der Waals surface area contributed by atoms with Gasteiger partial charge in [0.25, 0.3) is 0 Å². The monoisotopic (exact) mass is 262 g/mol. The zero-order chi connectivity index (χ0) is 12.9. The second-order valence-corrected chi connectivity index (χ2v) is 7.95. The van der Waals surface area contributed by atoms with Gasteiger partial charge in [0.05, 0.1) is 11.9 Å². The van der Waals surface area contributed by atoms with E-state index in [0.29, 0.717) is 24.7 Å². The molecule has 0 aromatic rings. The van der Waals surface area contributed by atoms with Gasteiger partial charge in [0.1, 0.15) is 9.84 Å². The van der Waals surface area contributed by atoms with Crippen LogP contribution < -0.4 is 0 Å². The molecule has 0 aliphatic heterocycles. The highest BCUT2D eigenvalue weighted by Crippen LogP contribution is 2.32. The van der Waals surface area contributed by atoms with Crippen molar-refractivity contribution in [1.29, 1.82) is 0 Å². The maximum absolute atomic E-state index is 11.3. The molecule has 1 N–H and O–H groups in total. The van der Waals surface area contributed by atoms with Crippen molar-refractivity contribution in [2.24, 2.45) is 11.8 Å². The summed E-state index contributed by atoms with van der Waals surface area (Å²) in [5, 5.41) is 10.1. The number of sulfone groups is 1. The summed E-state index contributed by atoms with van der Waals surface area (Å²) in [7, 11) is -2.87. The summed E-state index contributed by atoms with van der Waals surface area (Å²) in [6, 6.07) is 0. The van der Waals surface area contributed by atoms with Gasteiger partial charge in [0.15, 0.2) is 0 Å². The Kier molecular flexibility index (Phi) is 5.93. The predicted octanol–water partition coefficient (Wildman–Crippen LogP) is 2.39. The van der Waals surface area contributed by atoms with Gasteiger partial charge in [0.2, 0.25) is 0 Å². The van der Waals surface area contributed by atoms with Crippen LogP contribution in [-0.2, 0) is 9.84 Å². The van der Waals surface area contributed by atoms with Crippen LogP contribution in [0.25, 0.3) is 0 Å². The maximum Gasteiger partial charge on any atom is 0.150 e. The summed E-state index contributed by atoms with van der Waals surface area (Å²) in [6.07, 6.45) is 5.61. The lowest BCUT2D eigenvalue weighted by atomic mass is 9.78. The van der Waals surface area contributed by atoms with E-state index >= 15 is 0 Å². The van der Waals surface area contributed by atoms with Crippen LogP contribution in [-0.4, -0.2) is 31.1 Å². The molecular formula is C13H26O3S. The van der Waals surface area contributed by atoms with Gasteiger partial charge in [0, 0.05) is 5.75 Å². The fourth-order valence-electron chi connectivity index (χ4n) is 2.72. The Morgan fingerprint density at radius 1 is 1.35 bits per heavy atom. The van der Waals surface area contributed by atoms with Crippen LogP contribution in [0.15, 0.2) is 0 Å². The van der Waals surface area contributed by atoms with Crippen LogP contribution in [0.5, 0.6) is 0 Å². The predicted molar refractivity (Wildman–Crippen MR) is 70.7 cm³/mol. The van der Waals surface area contributed by atoms with Crippen LogP contribution in [0.2, 0.25) is 0 Å². The standard InChI is InChI=1S/C13H26O3S/c1-3-17(15,16)9-5-8-13(14)12-7-4-6-11(2)10-12/h11-14H,3-10H2,1-2H3. The molecule has 0 bridgehead atoms. The largest absolute Gasteiger partial charge is 0.393 e. The zero-order valence-electron chi connectivity index (χ0n) is 11.1. The van der Waals surface area contributed by atoms with Gasteiger partial charge in [-0.2, -0.15) is 0 Å². The van der Waals surface area contributed by atoms with E-state index in [9.17, 15) is 13.5 Å². The minimum atomic E-state index is -2.87. The summed E-state index contributed by atoms with van der Waals surface area (Å²) in [6.45, 7) is 3.91. The van der Waals surface area contributed by atoms with Crippen molar-refractivity contribution < 1.29 is 13.5 Å². The van der Waals surface area contributed by atoms with E-state index in [2.05, 4.69) is 6.92 Å². The summed E-state index contributed by atoms with van der Waals surface area (Å²) in [4.78, 5) is 0. The van der Waals surface area contributed by atoms with E-state index in [1.807, 2.05) is 0 Å². The quantitative estimate of drug-likeness (QED) is 0.799. The lowest BCUT2D eigenvalue weighted by Gasteiger charge is -2.30. The number of aliphatic hydroxyl groups excluding tert-OH is 1. The van der Waals surface area contributed by atoms with E-state index in [0.717, 1.165) is 12.8 Å². The molecule has 3 unspecified atom stereocenters. The number of hydrogen-bond acceptors (Lipinski definition) is 3. The van der Waals surface area contributed by atoms with Crippen molar-refractivity contribution >= 4 is 9.84 Å². The molecule has 0 saturated heterocycles. The van der Waals surface area contributed by atoms with Crippen LogP contribution in [0.1, 0.15) is 52.4 Å². The van der Waals surface area contributed by atoms with Crippen LogP contribution in [0.3, 0.4) is 0 Å². The van der Waals surface area contributed by atoms with Gasteiger partial charge >= 0.3 is 0 Å². The van der Waals surface area contributed by atoms with Crippen molar-refractivity contribution in [3.8, 4) is 0 Å². The fourth-order valence-corrected chi connectivity index (χ4v) is 3.62. The maximum atomic E-state index is 11.3. The SMILES string of the molecule is CCS(=O)(=O)CCCC(O)C1CCCC(C)C1. The average Bonchev–Trinajstić information content (AvgIpc) is 2.28. The van der Waals surface area contributed by atoms with Crippen LogP contribution in [0.4, 0.5) is 0 Å². The van der Waals surface area contributed by atoms with E-state index in [4.69, 9.17) is 0 Å². The van der Waals surface area contributed by atoms with Gasteiger partial charge in [-0.15, -0.1) is 0 Å². The molecule has 3 atom stereocenters. The van der Waals surface area contributed by atoms with Crippen molar-refractivity contribution in [2.45, 2.75) is 58.5 Å². The summed E-state index contributed by atoms with van der Waals surface area (Å²) in [5.41, 5.74) is 0. The van der Waals surface area contributed by atoms with Crippen LogP contribution >= 0.6 is 0 Å². The van der Waals surface area contributed by atoms with E-state index in [-0.39, 0.29) is 17.6 Å². The zero-order valence-corrected chi connectivity index (χ0v) is 11.9. The van der Waals surface area contributed by atoms with Crippen molar-refractivity contribution in [2.75, 3.05) is 11.5 Å². The number of rotatable bonds is 6. The number of aliphatic hydroxyl groups is 1. The molecule has 0 aromatic heterocycles. The molecule has 0 radical (unpaired) electrons. The van der Waals surface area contributed by atoms with Crippen molar-refractivity contribution in [1.82, 2.24) is 0 Å². The molecule has 0 aromatic carbocycles. The summed E-state index contributed by atoms with van der Waals surface area (Å²) >= 11 is 0. The molecule has 0 amide bonds. The van der Waals surface area contributed by atoms with E-state index in [1.54, 1.807) is 6.92 Å². The molecule has 4 heteroatoms. The molecular weight excluding hydrogens is 236 g/mol.